The van der Waals surface area contributed by atoms with E-state index in [0.717, 1.165) is 27.8 Å². The van der Waals surface area contributed by atoms with Crippen molar-refractivity contribution in [2.24, 2.45) is 5.73 Å². The number of rotatable bonds is 7. The van der Waals surface area contributed by atoms with E-state index in [1.54, 1.807) is 13.0 Å². The molecule has 204 valence electrons. The lowest BCUT2D eigenvalue weighted by Gasteiger charge is -2.16. The van der Waals surface area contributed by atoms with E-state index >= 15 is 0 Å². The highest BCUT2D eigenvalue weighted by molar-refractivity contribution is 5.99. The highest BCUT2D eigenvalue weighted by Gasteiger charge is 2.29. The smallest absolute Gasteiger partial charge is 0.335 e. The Bertz CT molecular complexity index is 1730. The van der Waals surface area contributed by atoms with Crippen molar-refractivity contribution in [3.8, 4) is 0 Å². The van der Waals surface area contributed by atoms with Crippen LogP contribution in [0.3, 0.4) is 0 Å². The van der Waals surface area contributed by atoms with Crippen LogP contribution in [0.1, 0.15) is 76.5 Å². The maximum Gasteiger partial charge on any atom is 0.335 e. The Morgan fingerprint density at radius 2 is 1.82 bits per heavy atom. The molecule has 3 amide bonds. The van der Waals surface area contributed by atoms with Crippen LogP contribution in [0.25, 0.3) is 5.65 Å². The number of primary amides is 1. The third-order valence-corrected chi connectivity index (χ3v) is 6.81. The molecule has 13 heteroatoms. The summed E-state index contributed by atoms with van der Waals surface area (Å²) in [5.74, 6) is -5.33. The first kappa shape index (κ1) is 26.4. The summed E-state index contributed by atoms with van der Waals surface area (Å²) < 4.78 is 27.8. The van der Waals surface area contributed by atoms with Gasteiger partial charge in [-0.3, -0.25) is 14.4 Å². The molecule has 4 aromatic rings. The normalized spacial score (nSPS) is 14.1. The molecule has 0 bridgehead atoms. The van der Waals surface area contributed by atoms with E-state index in [2.05, 4.69) is 20.7 Å². The minimum Gasteiger partial charge on any atom is -0.478 e. The third kappa shape index (κ3) is 4.84. The number of carbonyl (C=O) groups excluding carboxylic acids is 3. The number of carboxylic acids is 1. The van der Waals surface area contributed by atoms with Crippen LogP contribution in [0, 0.1) is 18.6 Å². The Morgan fingerprint density at radius 1 is 1.05 bits per heavy atom. The van der Waals surface area contributed by atoms with Crippen molar-refractivity contribution in [3.63, 3.8) is 0 Å². The first-order chi connectivity index (χ1) is 19.0. The lowest BCUT2D eigenvalue weighted by atomic mass is 9.98. The minimum absolute atomic E-state index is 0.00759. The van der Waals surface area contributed by atoms with E-state index in [1.807, 2.05) is 0 Å². The molecule has 0 fully saturated rings. The molecule has 2 heterocycles. The maximum atomic E-state index is 13.5. The SMILES string of the molecule is Cc1c(C(=O)O)ccc2c1CC[C@@H]2NC(=O)c1cc(C(=O)NCc2ccc(F)c(F)c2)nc2cc(C(N)=O)nn12. The maximum absolute atomic E-state index is 13.5. The van der Waals surface area contributed by atoms with Gasteiger partial charge in [-0.2, -0.15) is 5.10 Å². The van der Waals surface area contributed by atoms with Crippen LogP contribution in [-0.2, 0) is 13.0 Å². The molecule has 11 nitrogen and oxygen atoms in total. The standard InChI is InChI=1S/C27H22F2N6O5/c1-12-14-5-7-19(16(14)4-3-15(12)27(39)40)33-26(38)22-9-21(32-23-10-20(24(30)36)34-35(22)23)25(37)31-11-13-2-6-17(28)18(29)8-13/h2-4,6,8-10,19H,5,7,11H2,1H3,(H2,30,36)(H,31,37)(H,33,38)(H,39,40)/t19-/m0/s1. The van der Waals surface area contributed by atoms with Gasteiger partial charge in [0.1, 0.15) is 11.4 Å². The number of benzene rings is 2. The van der Waals surface area contributed by atoms with Gasteiger partial charge >= 0.3 is 5.97 Å². The number of aromatic carboxylic acids is 1. The van der Waals surface area contributed by atoms with Gasteiger partial charge < -0.3 is 21.5 Å². The fraction of sp³-hybridized carbons (Fsp3) is 0.185. The zero-order valence-electron chi connectivity index (χ0n) is 21.0. The second-order valence-electron chi connectivity index (χ2n) is 9.30. The van der Waals surface area contributed by atoms with Crippen molar-refractivity contribution in [1.82, 2.24) is 25.2 Å². The quantitative estimate of drug-likeness (QED) is 0.275. The Hall–Kier alpha value is -5.20. The summed E-state index contributed by atoms with van der Waals surface area (Å²) in [5, 5.41) is 18.9. The van der Waals surface area contributed by atoms with Crippen molar-refractivity contribution < 1.29 is 33.1 Å². The largest absolute Gasteiger partial charge is 0.478 e. The summed E-state index contributed by atoms with van der Waals surface area (Å²) in [6.45, 7) is 1.58. The molecule has 5 N–H and O–H groups in total. The van der Waals surface area contributed by atoms with Crippen molar-refractivity contribution in [1.29, 1.82) is 0 Å². The van der Waals surface area contributed by atoms with Gasteiger partial charge in [0.15, 0.2) is 23.0 Å². The Balaban J connectivity index is 1.44. The molecule has 0 saturated carbocycles. The average molecular weight is 549 g/mol. The van der Waals surface area contributed by atoms with Gasteiger partial charge in [0.25, 0.3) is 17.7 Å². The molecule has 40 heavy (non-hydrogen) atoms. The molecule has 1 aliphatic rings. The number of fused-ring (bicyclic) bond motifs is 2. The van der Waals surface area contributed by atoms with E-state index in [-0.39, 0.29) is 34.8 Å². The molecule has 0 unspecified atom stereocenters. The highest BCUT2D eigenvalue weighted by atomic mass is 19.2. The van der Waals surface area contributed by atoms with E-state index in [9.17, 15) is 33.1 Å². The summed E-state index contributed by atoms with van der Waals surface area (Å²) in [6, 6.07) is 8.33. The zero-order chi connectivity index (χ0) is 28.7. The van der Waals surface area contributed by atoms with E-state index in [0.29, 0.717) is 24.0 Å². The summed E-state index contributed by atoms with van der Waals surface area (Å²) >= 11 is 0. The van der Waals surface area contributed by atoms with Crippen molar-refractivity contribution >= 4 is 29.3 Å². The van der Waals surface area contributed by atoms with Gasteiger partial charge in [0.05, 0.1) is 11.6 Å². The summed E-state index contributed by atoms with van der Waals surface area (Å²) in [4.78, 5) is 53.8. The van der Waals surface area contributed by atoms with E-state index in [1.165, 1.54) is 24.3 Å². The Morgan fingerprint density at radius 3 is 2.52 bits per heavy atom. The molecule has 1 atom stereocenters. The molecular weight excluding hydrogens is 526 g/mol. The second kappa shape index (κ2) is 10.2. The van der Waals surface area contributed by atoms with Gasteiger partial charge in [-0.25, -0.2) is 23.1 Å². The molecule has 0 radical (unpaired) electrons. The van der Waals surface area contributed by atoms with Crippen molar-refractivity contribution in [2.45, 2.75) is 32.4 Å². The fourth-order valence-corrected chi connectivity index (χ4v) is 4.79. The zero-order valence-corrected chi connectivity index (χ0v) is 21.0. The lowest BCUT2D eigenvalue weighted by Crippen LogP contribution is -2.31. The van der Waals surface area contributed by atoms with Crippen LogP contribution in [0.2, 0.25) is 0 Å². The summed E-state index contributed by atoms with van der Waals surface area (Å²) in [6.07, 6.45) is 1.08. The second-order valence-corrected chi connectivity index (χ2v) is 9.30. The highest BCUT2D eigenvalue weighted by Crippen LogP contribution is 2.35. The molecular formula is C27H22F2N6O5. The molecule has 1 aliphatic carbocycles. The molecule has 5 rings (SSSR count). The molecule has 2 aromatic carbocycles. The Labute approximate surface area is 225 Å². The average Bonchev–Trinajstić information content (AvgIpc) is 3.53. The van der Waals surface area contributed by atoms with Gasteiger partial charge in [-0.15, -0.1) is 0 Å². The number of hydrogen-bond acceptors (Lipinski definition) is 6. The molecule has 0 aliphatic heterocycles. The van der Waals surface area contributed by atoms with Gasteiger partial charge in [0.2, 0.25) is 0 Å². The molecule has 2 aromatic heterocycles. The number of aromatic nitrogens is 3. The number of hydrogen-bond donors (Lipinski definition) is 4. The predicted molar refractivity (Wildman–Crippen MR) is 136 cm³/mol. The number of nitrogens with two attached hydrogens (primary N) is 1. The van der Waals surface area contributed by atoms with Crippen molar-refractivity contribution in [3.05, 3.63) is 99.0 Å². The van der Waals surface area contributed by atoms with E-state index < -0.39 is 41.4 Å². The number of nitrogens with zero attached hydrogens (tertiary/aromatic N) is 3. The minimum atomic E-state index is -1.06. The van der Waals surface area contributed by atoms with Crippen LogP contribution in [0.15, 0.2) is 42.5 Å². The van der Waals surface area contributed by atoms with Crippen molar-refractivity contribution in [2.75, 3.05) is 0 Å². The molecule has 0 spiro atoms. The lowest BCUT2D eigenvalue weighted by molar-refractivity contribution is 0.0695. The number of carbonyl (C=O) groups is 4. The van der Waals surface area contributed by atoms with Gasteiger partial charge in [-0.05, 0) is 60.2 Å². The molecule has 0 saturated heterocycles. The number of nitrogens with one attached hydrogen (secondary N) is 2. The first-order valence-electron chi connectivity index (χ1n) is 12.1. The number of carboxylic acid groups (broad SMARTS) is 1. The number of amides is 3. The van der Waals surface area contributed by atoms with Crippen LogP contribution >= 0.6 is 0 Å². The fourth-order valence-electron chi connectivity index (χ4n) is 4.79. The monoisotopic (exact) mass is 548 g/mol. The van der Waals surface area contributed by atoms with Gasteiger partial charge in [-0.1, -0.05) is 12.1 Å². The van der Waals surface area contributed by atoms with Crippen LogP contribution in [0.5, 0.6) is 0 Å². The van der Waals surface area contributed by atoms with E-state index in [4.69, 9.17) is 5.73 Å². The van der Waals surface area contributed by atoms with Crippen LogP contribution in [0.4, 0.5) is 8.78 Å². The summed E-state index contributed by atoms with van der Waals surface area (Å²) in [5.41, 5.74) is 7.63. The summed E-state index contributed by atoms with van der Waals surface area (Å²) in [7, 11) is 0. The topological polar surface area (TPSA) is 169 Å². The van der Waals surface area contributed by atoms with Crippen LogP contribution in [-0.4, -0.2) is 43.4 Å². The third-order valence-electron chi connectivity index (χ3n) is 6.81. The predicted octanol–water partition coefficient (Wildman–Crippen LogP) is 2.46. The van der Waals surface area contributed by atoms with Crippen LogP contribution < -0.4 is 16.4 Å². The Kier molecular flexibility index (Phi) is 6.71. The first-order valence-corrected chi connectivity index (χ1v) is 12.1. The van der Waals surface area contributed by atoms with Gasteiger partial charge in [0, 0.05) is 18.7 Å². The number of halogens is 2.